The number of nitrogens with zero attached hydrogens (tertiary/aromatic N) is 2. The maximum Gasteiger partial charge on any atom is 0.416 e. The average molecular weight is 304 g/mol. The molecule has 0 unspecified atom stereocenters. The summed E-state index contributed by atoms with van der Waals surface area (Å²) in [6, 6.07) is 4.52. The number of hydrazine groups is 1. The Morgan fingerprint density at radius 1 is 1.20 bits per heavy atom. The van der Waals surface area contributed by atoms with Gasteiger partial charge in [0.2, 0.25) is 5.95 Å². The third-order valence-corrected chi connectivity index (χ3v) is 2.66. The van der Waals surface area contributed by atoms with E-state index in [0.29, 0.717) is 11.5 Å². The number of anilines is 3. The van der Waals surface area contributed by atoms with Crippen molar-refractivity contribution in [3.05, 3.63) is 41.0 Å². The molecule has 0 atom stereocenters. The number of benzene rings is 1. The predicted molar refractivity (Wildman–Crippen MR) is 69.6 cm³/mol. The summed E-state index contributed by atoms with van der Waals surface area (Å²) in [7, 11) is 0. The fourth-order valence-corrected chi connectivity index (χ4v) is 1.66. The van der Waals surface area contributed by atoms with Crippen LogP contribution in [0.5, 0.6) is 0 Å². The second-order valence-electron chi connectivity index (χ2n) is 3.73. The lowest BCUT2D eigenvalue weighted by atomic mass is 10.2. The van der Waals surface area contributed by atoms with Crippen LogP contribution in [0.2, 0.25) is 5.02 Å². The number of aromatic nitrogens is 2. The van der Waals surface area contributed by atoms with Gasteiger partial charge in [-0.05, 0) is 24.3 Å². The van der Waals surface area contributed by atoms with E-state index in [9.17, 15) is 13.2 Å². The predicted octanol–water partition coefficient (Wildman–Crippen LogP) is 3.18. The monoisotopic (exact) mass is 303 g/mol. The van der Waals surface area contributed by atoms with Gasteiger partial charge in [0.25, 0.3) is 0 Å². The van der Waals surface area contributed by atoms with Crippen molar-refractivity contribution >= 4 is 29.1 Å². The molecule has 0 saturated carbocycles. The molecular formula is C11H9ClF3N5. The van der Waals surface area contributed by atoms with Crippen LogP contribution >= 0.6 is 11.6 Å². The average Bonchev–Trinajstić information content (AvgIpc) is 2.40. The highest BCUT2D eigenvalue weighted by Gasteiger charge is 2.30. The molecular weight excluding hydrogens is 295 g/mol. The molecule has 0 bridgehead atoms. The normalized spacial score (nSPS) is 11.2. The van der Waals surface area contributed by atoms with E-state index < -0.39 is 11.7 Å². The van der Waals surface area contributed by atoms with Gasteiger partial charge in [-0.1, -0.05) is 11.6 Å². The maximum atomic E-state index is 12.5. The van der Waals surface area contributed by atoms with Gasteiger partial charge < -0.3 is 5.32 Å². The lowest BCUT2D eigenvalue weighted by Gasteiger charge is -2.11. The first-order valence-corrected chi connectivity index (χ1v) is 5.71. The second kappa shape index (κ2) is 5.51. The summed E-state index contributed by atoms with van der Waals surface area (Å²) in [6.07, 6.45) is -3.00. The third-order valence-electron chi connectivity index (χ3n) is 2.34. The van der Waals surface area contributed by atoms with E-state index in [4.69, 9.17) is 17.4 Å². The molecule has 0 aliphatic heterocycles. The number of alkyl halides is 3. The van der Waals surface area contributed by atoms with Gasteiger partial charge in [-0.2, -0.15) is 18.2 Å². The molecule has 0 saturated heterocycles. The fraction of sp³-hybridized carbons (Fsp3) is 0.0909. The topological polar surface area (TPSA) is 75.9 Å². The number of nitrogens with two attached hydrogens (primary N) is 1. The summed E-state index contributed by atoms with van der Waals surface area (Å²) in [5.74, 6) is 5.66. The Bertz CT molecular complexity index is 617. The van der Waals surface area contributed by atoms with Gasteiger partial charge >= 0.3 is 6.18 Å². The summed E-state index contributed by atoms with van der Waals surface area (Å²) >= 11 is 5.81. The molecule has 1 aromatic heterocycles. The van der Waals surface area contributed by atoms with Crippen LogP contribution in [-0.4, -0.2) is 9.97 Å². The molecule has 0 fully saturated rings. The smallest absolute Gasteiger partial charge is 0.339 e. The summed E-state index contributed by atoms with van der Waals surface area (Å²) in [4.78, 5) is 7.76. The van der Waals surface area contributed by atoms with E-state index in [1.54, 1.807) is 0 Å². The highest BCUT2D eigenvalue weighted by molar-refractivity contribution is 6.33. The van der Waals surface area contributed by atoms with Crippen molar-refractivity contribution < 1.29 is 13.2 Å². The number of rotatable bonds is 3. The largest absolute Gasteiger partial charge is 0.416 e. The number of halogens is 4. The number of nitrogens with one attached hydrogen (secondary N) is 2. The second-order valence-corrected chi connectivity index (χ2v) is 4.13. The van der Waals surface area contributed by atoms with Crippen molar-refractivity contribution in [2.45, 2.75) is 6.18 Å². The quantitative estimate of drug-likeness (QED) is 0.600. The van der Waals surface area contributed by atoms with Gasteiger partial charge in [-0.25, -0.2) is 10.8 Å². The Morgan fingerprint density at radius 3 is 2.55 bits per heavy atom. The van der Waals surface area contributed by atoms with Crippen molar-refractivity contribution in [2.24, 2.45) is 5.84 Å². The number of hydrogen-bond donors (Lipinski definition) is 3. The summed E-state index contributed by atoms with van der Waals surface area (Å²) < 4.78 is 37.5. The lowest BCUT2D eigenvalue weighted by Crippen LogP contribution is -2.11. The molecule has 20 heavy (non-hydrogen) atoms. The van der Waals surface area contributed by atoms with Gasteiger partial charge in [0, 0.05) is 6.20 Å². The van der Waals surface area contributed by atoms with Crippen molar-refractivity contribution in [3.63, 3.8) is 0 Å². The van der Waals surface area contributed by atoms with Gasteiger partial charge in [0.15, 0.2) is 0 Å². The first-order valence-electron chi connectivity index (χ1n) is 5.33. The molecule has 0 aliphatic rings. The zero-order valence-corrected chi connectivity index (χ0v) is 10.6. The Morgan fingerprint density at radius 2 is 1.95 bits per heavy atom. The minimum absolute atomic E-state index is 0.0688. The number of hydrogen-bond acceptors (Lipinski definition) is 5. The van der Waals surface area contributed by atoms with Crippen LogP contribution in [0.25, 0.3) is 0 Å². The van der Waals surface area contributed by atoms with Crippen molar-refractivity contribution in [2.75, 3.05) is 10.7 Å². The van der Waals surface area contributed by atoms with Crippen LogP contribution in [0, 0.1) is 0 Å². The minimum Gasteiger partial charge on any atom is -0.339 e. The molecule has 1 aromatic carbocycles. The van der Waals surface area contributed by atoms with E-state index in [2.05, 4.69) is 20.7 Å². The van der Waals surface area contributed by atoms with Crippen LogP contribution in [0.15, 0.2) is 30.5 Å². The molecule has 106 valence electrons. The first-order chi connectivity index (χ1) is 9.40. The summed E-state index contributed by atoms with van der Waals surface area (Å²) in [6.45, 7) is 0. The van der Waals surface area contributed by atoms with Crippen molar-refractivity contribution in [1.82, 2.24) is 9.97 Å². The van der Waals surface area contributed by atoms with Crippen LogP contribution in [-0.2, 0) is 6.18 Å². The lowest BCUT2D eigenvalue weighted by molar-refractivity contribution is -0.137. The van der Waals surface area contributed by atoms with Crippen molar-refractivity contribution in [1.29, 1.82) is 0 Å². The first kappa shape index (κ1) is 14.4. The standard InChI is InChI=1S/C11H9ClF3N5/c12-7-5-6(11(13,14)15)1-2-8(7)18-9-3-4-17-10(19-9)20-16/h1-5H,16H2,(H2,17,18,19,20). The molecule has 0 amide bonds. The van der Waals surface area contributed by atoms with Gasteiger partial charge in [-0.15, -0.1) is 0 Å². The molecule has 0 radical (unpaired) electrons. The van der Waals surface area contributed by atoms with E-state index in [1.807, 2.05) is 0 Å². The molecule has 2 aromatic rings. The highest BCUT2D eigenvalue weighted by atomic mass is 35.5. The Kier molecular flexibility index (Phi) is 3.96. The third kappa shape index (κ3) is 3.28. The van der Waals surface area contributed by atoms with Crippen LogP contribution in [0.3, 0.4) is 0 Å². The summed E-state index contributed by atoms with van der Waals surface area (Å²) in [5.41, 5.74) is 1.73. The van der Waals surface area contributed by atoms with Crippen LogP contribution in [0.4, 0.5) is 30.6 Å². The van der Waals surface area contributed by atoms with E-state index in [1.165, 1.54) is 18.3 Å². The SMILES string of the molecule is NNc1nccc(Nc2ccc(C(F)(F)F)cc2Cl)n1. The Labute approximate surface area is 117 Å². The van der Waals surface area contributed by atoms with Crippen molar-refractivity contribution in [3.8, 4) is 0 Å². The van der Waals surface area contributed by atoms with Gasteiger partial charge in [0.05, 0.1) is 16.3 Å². The molecule has 0 aliphatic carbocycles. The zero-order chi connectivity index (χ0) is 14.8. The molecule has 9 heteroatoms. The fourth-order valence-electron chi connectivity index (χ4n) is 1.43. The van der Waals surface area contributed by atoms with Gasteiger partial charge in [-0.3, -0.25) is 5.43 Å². The molecule has 0 spiro atoms. The number of nitrogen functional groups attached to an aromatic ring is 1. The Hall–Kier alpha value is -2.06. The van der Waals surface area contributed by atoms with Gasteiger partial charge in [0.1, 0.15) is 5.82 Å². The highest BCUT2D eigenvalue weighted by Crippen LogP contribution is 2.34. The van der Waals surface area contributed by atoms with E-state index in [-0.39, 0.29) is 11.0 Å². The molecule has 5 nitrogen and oxygen atoms in total. The minimum atomic E-state index is -4.44. The molecule has 4 N–H and O–H groups in total. The molecule has 2 rings (SSSR count). The van der Waals surface area contributed by atoms with Crippen LogP contribution in [0.1, 0.15) is 5.56 Å². The maximum absolute atomic E-state index is 12.5. The van der Waals surface area contributed by atoms with E-state index in [0.717, 1.165) is 12.1 Å². The Balaban J connectivity index is 2.25. The summed E-state index contributed by atoms with van der Waals surface area (Å²) in [5, 5.41) is 2.71. The molecule has 1 heterocycles. The van der Waals surface area contributed by atoms with Crippen LogP contribution < -0.4 is 16.6 Å². The van der Waals surface area contributed by atoms with E-state index >= 15 is 0 Å². The zero-order valence-electron chi connectivity index (χ0n) is 9.87.